The molecule has 1 nitrogen and oxygen atoms in total. The van der Waals surface area contributed by atoms with Crippen LogP contribution in [0.5, 0.6) is 0 Å². The molecule has 0 aromatic carbocycles. The number of thiol groups is 1. The Hall–Kier alpha value is -0.500. The van der Waals surface area contributed by atoms with Crippen LogP contribution in [0.15, 0.2) is 24.5 Å². The average molecular weight is 196 g/mol. The second kappa shape index (κ2) is 6.03. The first-order chi connectivity index (χ1) is 6.33. The van der Waals surface area contributed by atoms with Crippen molar-refractivity contribution in [3.63, 3.8) is 0 Å². The molecule has 0 unspecified atom stereocenters. The van der Waals surface area contributed by atoms with E-state index in [0.29, 0.717) is 0 Å². The Morgan fingerprint density at radius 1 is 1.15 bits per heavy atom. The smallest absolute Gasteiger partial charge is 0.169 e. The molecule has 1 rings (SSSR count). The maximum Gasteiger partial charge on any atom is 0.169 e. The third kappa shape index (κ3) is 4.32. The number of hydrogen-bond acceptors (Lipinski definition) is 1. The van der Waals surface area contributed by atoms with Crippen LogP contribution >= 0.6 is 12.6 Å². The van der Waals surface area contributed by atoms with Crippen molar-refractivity contribution in [1.29, 1.82) is 0 Å². The zero-order valence-electron chi connectivity index (χ0n) is 8.24. The quantitative estimate of drug-likeness (QED) is 0.419. The molecular formula is C11H18NS+. The lowest BCUT2D eigenvalue weighted by molar-refractivity contribution is -0.697. The number of aryl methyl sites for hydroxylation is 2. The molecule has 1 aromatic heterocycles. The van der Waals surface area contributed by atoms with E-state index in [-0.39, 0.29) is 0 Å². The zero-order chi connectivity index (χ0) is 9.52. The Morgan fingerprint density at radius 2 is 1.85 bits per heavy atom. The molecular weight excluding hydrogens is 178 g/mol. The first kappa shape index (κ1) is 10.6. The van der Waals surface area contributed by atoms with Gasteiger partial charge >= 0.3 is 0 Å². The lowest BCUT2D eigenvalue weighted by Crippen LogP contribution is -2.32. The predicted octanol–water partition coefficient (Wildman–Crippen LogP) is 2.38. The van der Waals surface area contributed by atoms with E-state index in [4.69, 9.17) is 0 Å². The highest BCUT2D eigenvalue weighted by Crippen LogP contribution is 1.97. The Balaban J connectivity index is 2.25. The third-order valence-electron chi connectivity index (χ3n) is 2.13. The van der Waals surface area contributed by atoms with Crippen LogP contribution in [0.4, 0.5) is 0 Å². The number of rotatable bonds is 5. The molecule has 0 atom stereocenters. The van der Waals surface area contributed by atoms with E-state index in [9.17, 15) is 0 Å². The standard InChI is InChI=1S/C11H17NS/c1-11-5-8-12(9-6-11)7-3-2-4-10-13/h5-6,8-9H,2-4,7,10H2,1H3/p+1. The van der Waals surface area contributed by atoms with Gasteiger partial charge in [0, 0.05) is 18.6 Å². The Bertz CT molecular complexity index is 230. The van der Waals surface area contributed by atoms with Crippen LogP contribution in [-0.2, 0) is 6.54 Å². The molecule has 1 aromatic rings. The molecule has 13 heavy (non-hydrogen) atoms. The van der Waals surface area contributed by atoms with E-state index in [1.807, 2.05) is 0 Å². The van der Waals surface area contributed by atoms with E-state index in [1.54, 1.807) is 0 Å². The van der Waals surface area contributed by atoms with Crippen LogP contribution in [0.2, 0.25) is 0 Å². The van der Waals surface area contributed by atoms with Crippen molar-refractivity contribution < 1.29 is 4.57 Å². The van der Waals surface area contributed by atoms with Gasteiger partial charge in [-0.05, 0) is 31.1 Å². The lowest BCUT2D eigenvalue weighted by atomic mass is 10.2. The minimum atomic E-state index is 1.01. The van der Waals surface area contributed by atoms with Gasteiger partial charge < -0.3 is 0 Å². The lowest BCUT2D eigenvalue weighted by Gasteiger charge is -1.96. The van der Waals surface area contributed by atoms with Gasteiger partial charge in [0.2, 0.25) is 0 Å². The highest BCUT2D eigenvalue weighted by Gasteiger charge is 1.97. The highest BCUT2D eigenvalue weighted by molar-refractivity contribution is 7.80. The summed E-state index contributed by atoms with van der Waals surface area (Å²) in [7, 11) is 0. The van der Waals surface area contributed by atoms with E-state index in [2.05, 4.69) is 48.6 Å². The number of aromatic nitrogens is 1. The highest BCUT2D eigenvalue weighted by atomic mass is 32.1. The van der Waals surface area contributed by atoms with Crippen LogP contribution in [0, 0.1) is 6.92 Å². The third-order valence-corrected chi connectivity index (χ3v) is 2.45. The maximum absolute atomic E-state index is 4.19. The molecule has 2 heteroatoms. The molecule has 0 aliphatic carbocycles. The molecule has 0 fully saturated rings. The molecule has 0 radical (unpaired) electrons. The summed E-state index contributed by atoms with van der Waals surface area (Å²) in [5.41, 5.74) is 1.33. The van der Waals surface area contributed by atoms with Crippen LogP contribution in [-0.4, -0.2) is 5.75 Å². The summed E-state index contributed by atoms with van der Waals surface area (Å²) in [5.74, 6) is 1.01. The Labute approximate surface area is 86.2 Å². The monoisotopic (exact) mass is 196 g/mol. The molecule has 0 saturated heterocycles. The fraction of sp³-hybridized carbons (Fsp3) is 0.545. The number of pyridine rings is 1. The molecule has 0 aliphatic rings. The fourth-order valence-corrected chi connectivity index (χ4v) is 1.49. The van der Waals surface area contributed by atoms with Gasteiger partial charge in [0.25, 0.3) is 0 Å². The van der Waals surface area contributed by atoms with Crippen molar-refractivity contribution in [3.05, 3.63) is 30.1 Å². The summed E-state index contributed by atoms with van der Waals surface area (Å²) in [6.07, 6.45) is 8.07. The van der Waals surface area contributed by atoms with Crippen molar-refractivity contribution >= 4 is 12.6 Å². The zero-order valence-corrected chi connectivity index (χ0v) is 9.13. The second-order valence-electron chi connectivity index (χ2n) is 3.40. The normalized spacial score (nSPS) is 10.3. The average Bonchev–Trinajstić information content (AvgIpc) is 2.15. The van der Waals surface area contributed by atoms with Crippen LogP contribution in [0.3, 0.4) is 0 Å². The van der Waals surface area contributed by atoms with E-state index in [0.717, 1.165) is 12.3 Å². The first-order valence-electron chi connectivity index (χ1n) is 4.89. The van der Waals surface area contributed by atoms with Gasteiger partial charge in [-0.3, -0.25) is 0 Å². The van der Waals surface area contributed by atoms with Crippen molar-refractivity contribution in [2.24, 2.45) is 0 Å². The summed E-state index contributed by atoms with van der Waals surface area (Å²) in [6, 6.07) is 4.30. The summed E-state index contributed by atoms with van der Waals surface area (Å²) < 4.78 is 2.24. The number of hydrogen-bond donors (Lipinski definition) is 1. The minimum absolute atomic E-state index is 1.01. The topological polar surface area (TPSA) is 3.88 Å². The Kier molecular flexibility index (Phi) is 4.91. The first-order valence-corrected chi connectivity index (χ1v) is 5.53. The van der Waals surface area contributed by atoms with Crippen molar-refractivity contribution in [1.82, 2.24) is 0 Å². The summed E-state index contributed by atoms with van der Waals surface area (Å²) in [4.78, 5) is 0. The van der Waals surface area contributed by atoms with Crippen LogP contribution < -0.4 is 4.57 Å². The van der Waals surface area contributed by atoms with Gasteiger partial charge in [-0.2, -0.15) is 12.6 Å². The van der Waals surface area contributed by atoms with Gasteiger partial charge in [-0.15, -0.1) is 0 Å². The van der Waals surface area contributed by atoms with Gasteiger partial charge in [0.05, 0.1) is 0 Å². The van der Waals surface area contributed by atoms with Gasteiger partial charge in [0.1, 0.15) is 6.54 Å². The van der Waals surface area contributed by atoms with Crippen LogP contribution in [0.25, 0.3) is 0 Å². The fourth-order valence-electron chi connectivity index (χ4n) is 1.26. The predicted molar refractivity (Wildman–Crippen MR) is 59.1 cm³/mol. The second-order valence-corrected chi connectivity index (χ2v) is 3.84. The summed E-state index contributed by atoms with van der Waals surface area (Å²) in [6.45, 7) is 3.25. The molecule has 0 spiro atoms. The van der Waals surface area contributed by atoms with Crippen molar-refractivity contribution in [2.45, 2.75) is 32.7 Å². The molecule has 0 amide bonds. The number of unbranched alkanes of at least 4 members (excludes halogenated alkanes) is 2. The molecule has 1 heterocycles. The molecule has 0 saturated carbocycles. The summed E-state index contributed by atoms with van der Waals surface area (Å²) >= 11 is 4.19. The van der Waals surface area contributed by atoms with E-state index in [1.165, 1.54) is 24.8 Å². The molecule has 0 N–H and O–H groups in total. The van der Waals surface area contributed by atoms with E-state index < -0.39 is 0 Å². The largest absolute Gasteiger partial charge is 0.205 e. The molecule has 0 bridgehead atoms. The maximum atomic E-state index is 4.19. The van der Waals surface area contributed by atoms with Gasteiger partial charge in [-0.1, -0.05) is 0 Å². The van der Waals surface area contributed by atoms with Gasteiger partial charge in [0.15, 0.2) is 12.4 Å². The molecule has 72 valence electrons. The van der Waals surface area contributed by atoms with Crippen LogP contribution in [0.1, 0.15) is 24.8 Å². The minimum Gasteiger partial charge on any atom is -0.205 e. The Morgan fingerprint density at radius 3 is 2.46 bits per heavy atom. The molecule has 0 aliphatic heterocycles. The summed E-state index contributed by atoms with van der Waals surface area (Å²) in [5, 5.41) is 0. The SMILES string of the molecule is Cc1cc[n+](CCCCCS)cc1. The van der Waals surface area contributed by atoms with Gasteiger partial charge in [-0.25, -0.2) is 4.57 Å². The number of nitrogens with zero attached hydrogens (tertiary/aromatic N) is 1. The van der Waals surface area contributed by atoms with E-state index >= 15 is 0 Å². The van der Waals surface area contributed by atoms with Crippen molar-refractivity contribution in [3.8, 4) is 0 Å². The van der Waals surface area contributed by atoms with Crippen molar-refractivity contribution in [2.75, 3.05) is 5.75 Å².